The van der Waals surface area contributed by atoms with E-state index in [1.807, 2.05) is 6.07 Å². The molecule has 108 valence electrons. The fourth-order valence-corrected chi connectivity index (χ4v) is 3.37. The molecule has 0 radical (unpaired) electrons. The van der Waals surface area contributed by atoms with E-state index < -0.39 is 0 Å². The van der Waals surface area contributed by atoms with Crippen molar-refractivity contribution in [2.45, 2.75) is 0 Å². The van der Waals surface area contributed by atoms with Gasteiger partial charge >= 0.3 is 0 Å². The summed E-state index contributed by atoms with van der Waals surface area (Å²) in [5.74, 6) is 0. The van der Waals surface area contributed by atoms with Gasteiger partial charge in [-0.3, -0.25) is 0 Å². The Morgan fingerprint density at radius 2 is 1.22 bits per heavy atom. The van der Waals surface area contributed by atoms with Crippen LogP contribution in [0.5, 0.6) is 0 Å². The molecular weight excluding hydrogens is 280 g/mol. The first-order valence-corrected chi connectivity index (χ1v) is 7.80. The Morgan fingerprint density at radius 1 is 0.478 bits per heavy atom. The van der Waals surface area contributed by atoms with Crippen molar-refractivity contribution >= 4 is 32.7 Å². The lowest BCUT2D eigenvalue weighted by molar-refractivity contribution is 0.674. The van der Waals surface area contributed by atoms with Gasteiger partial charge in [-0.15, -0.1) is 0 Å². The van der Waals surface area contributed by atoms with Crippen LogP contribution in [0.25, 0.3) is 43.8 Å². The summed E-state index contributed by atoms with van der Waals surface area (Å²) in [5, 5.41) is 4.73. The van der Waals surface area contributed by atoms with Crippen LogP contribution in [-0.2, 0) is 0 Å². The Balaban J connectivity index is 1.95. The van der Waals surface area contributed by atoms with Crippen LogP contribution in [0.2, 0.25) is 0 Å². The zero-order valence-electron chi connectivity index (χ0n) is 12.5. The largest absolute Gasteiger partial charge is 0.455 e. The summed E-state index contributed by atoms with van der Waals surface area (Å²) in [6, 6.07) is 29.5. The molecule has 1 aromatic heterocycles. The summed E-state index contributed by atoms with van der Waals surface area (Å²) in [6.45, 7) is 0. The normalized spacial score (nSPS) is 11.5. The van der Waals surface area contributed by atoms with Gasteiger partial charge in [0, 0.05) is 21.7 Å². The van der Waals surface area contributed by atoms with Crippen molar-refractivity contribution in [3.63, 3.8) is 0 Å². The van der Waals surface area contributed by atoms with Gasteiger partial charge in [0.25, 0.3) is 0 Å². The maximum atomic E-state index is 6.35. The highest BCUT2D eigenvalue weighted by Gasteiger charge is 2.13. The van der Waals surface area contributed by atoms with E-state index in [-0.39, 0.29) is 0 Å². The Morgan fingerprint density at radius 3 is 2.13 bits per heavy atom. The van der Waals surface area contributed by atoms with Crippen LogP contribution in [0, 0.1) is 0 Å². The van der Waals surface area contributed by atoms with Crippen LogP contribution < -0.4 is 0 Å². The topological polar surface area (TPSA) is 13.1 Å². The Hall–Kier alpha value is -3.06. The smallest absolute Gasteiger partial charge is 0.143 e. The highest BCUT2D eigenvalue weighted by atomic mass is 16.3. The van der Waals surface area contributed by atoms with E-state index in [9.17, 15) is 0 Å². The lowest BCUT2D eigenvalue weighted by atomic mass is 10.0. The van der Waals surface area contributed by atoms with Crippen molar-refractivity contribution < 1.29 is 4.42 Å². The zero-order chi connectivity index (χ0) is 15.2. The molecule has 0 amide bonds. The summed E-state index contributed by atoms with van der Waals surface area (Å²) in [5.41, 5.74) is 4.26. The van der Waals surface area contributed by atoms with Crippen molar-refractivity contribution in [1.29, 1.82) is 0 Å². The molecule has 1 heteroatoms. The number of furan rings is 1. The zero-order valence-corrected chi connectivity index (χ0v) is 12.5. The third-order valence-corrected chi connectivity index (χ3v) is 4.47. The second-order valence-electron chi connectivity index (χ2n) is 5.81. The highest BCUT2D eigenvalue weighted by molar-refractivity contribution is 6.17. The van der Waals surface area contributed by atoms with Crippen molar-refractivity contribution in [3.05, 3.63) is 84.9 Å². The molecule has 0 aliphatic carbocycles. The first kappa shape index (κ1) is 12.5. The predicted octanol–water partition coefficient (Wildman–Crippen LogP) is 6.41. The van der Waals surface area contributed by atoms with E-state index in [1.54, 1.807) is 0 Å². The van der Waals surface area contributed by atoms with E-state index in [2.05, 4.69) is 78.9 Å². The van der Waals surface area contributed by atoms with Gasteiger partial charge in [-0.05, 0) is 17.0 Å². The molecule has 0 N–H and O–H groups in total. The van der Waals surface area contributed by atoms with Crippen LogP contribution in [0.15, 0.2) is 89.3 Å². The van der Waals surface area contributed by atoms with Gasteiger partial charge in [0.1, 0.15) is 11.2 Å². The lowest BCUT2D eigenvalue weighted by Crippen LogP contribution is -1.77. The number of rotatable bonds is 1. The van der Waals surface area contributed by atoms with Gasteiger partial charge < -0.3 is 4.42 Å². The third-order valence-electron chi connectivity index (χ3n) is 4.47. The molecule has 4 aromatic carbocycles. The molecule has 5 aromatic rings. The minimum atomic E-state index is 0.963. The van der Waals surface area contributed by atoms with E-state index in [1.165, 1.54) is 27.1 Å². The molecule has 0 bridgehead atoms. The van der Waals surface area contributed by atoms with Gasteiger partial charge in [0.05, 0.1) is 0 Å². The predicted molar refractivity (Wildman–Crippen MR) is 96.7 cm³/mol. The van der Waals surface area contributed by atoms with E-state index in [0.717, 1.165) is 16.7 Å². The minimum Gasteiger partial charge on any atom is -0.455 e. The fourth-order valence-electron chi connectivity index (χ4n) is 3.37. The Labute approximate surface area is 133 Å². The number of hydrogen-bond donors (Lipinski definition) is 0. The van der Waals surface area contributed by atoms with Gasteiger partial charge in [0.2, 0.25) is 0 Å². The standard InChI is InChI=1S/C22H14O/c1-2-7-15(8-3-1)18-11-6-12-19-20-14-13-16-9-4-5-10-17(16)22(20)23-21(18)19/h1-14H. The number of fused-ring (bicyclic) bond motifs is 5. The summed E-state index contributed by atoms with van der Waals surface area (Å²) in [7, 11) is 0. The average Bonchev–Trinajstić information content (AvgIpc) is 3.01. The van der Waals surface area contributed by atoms with Gasteiger partial charge in [-0.2, -0.15) is 0 Å². The molecular formula is C22H14O. The minimum absolute atomic E-state index is 0.963. The summed E-state index contributed by atoms with van der Waals surface area (Å²) in [4.78, 5) is 0. The number of hydrogen-bond acceptors (Lipinski definition) is 1. The third kappa shape index (κ3) is 1.80. The summed E-state index contributed by atoms with van der Waals surface area (Å²) in [6.07, 6.45) is 0. The van der Waals surface area contributed by atoms with Crippen LogP contribution >= 0.6 is 0 Å². The quantitative estimate of drug-likeness (QED) is 0.348. The first-order valence-electron chi connectivity index (χ1n) is 7.80. The van der Waals surface area contributed by atoms with Crippen molar-refractivity contribution in [2.24, 2.45) is 0 Å². The van der Waals surface area contributed by atoms with Gasteiger partial charge in [-0.25, -0.2) is 0 Å². The van der Waals surface area contributed by atoms with Crippen molar-refractivity contribution in [3.8, 4) is 11.1 Å². The van der Waals surface area contributed by atoms with E-state index in [0.29, 0.717) is 0 Å². The Kier molecular flexibility index (Phi) is 2.56. The number of para-hydroxylation sites is 1. The molecule has 0 unspecified atom stereocenters. The maximum Gasteiger partial charge on any atom is 0.143 e. The molecule has 5 rings (SSSR count). The molecule has 0 aliphatic heterocycles. The molecule has 0 saturated carbocycles. The molecule has 1 nitrogen and oxygen atoms in total. The van der Waals surface area contributed by atoms with E-state index >= 15 is 0 Å². The SMILES string of the molecule is c1ccc(-c2cccc3c2oc2c4ccccc4ccc32)cc1. The van der Waals surface area contributed by atoms with Gasteiger partial charge in [-0.1, -0.05) is 78.9 Å². The molecule has 23 heavy (non-hydrogen) atoms. The van der Waals surface area contributed by atoms with Gasteiger partial charge in [0.15, 0.2) is 0 Å². The first-order chi connectivity index (χ1) is 11.4. The second-order valence-corrected chi connectivity index (χ2v) is 5.81. The average molecular weight is 294 g/mol. The van der Waals surface area contributed by atoms with Crippen LogP contribution in [0.4, 0.5) is 0 Å². The summed E-state index contributed by atoms with van der Waals surface area (Å²) < 4.78 is 6.35. The molecule has 0 atom stereocenters. The second kappa shape index (κ2) is 4.72. The highest BCUT2D eigenvalue weighted by Crippen LogP contribution is 2.38. The van der Waals surface area contributed by atoms with Crippen molar-refractivity contribution in [1.82, 2.24) is 0 Å². The molecule has 0 fully saturated rings. The van der Waals surface area contributed by atoms with Crippen LogP contribution in [0.3, 0.4) is 0 Å². The lowest BCUT2D eigenvalue weighted by Gasteiger charge is -2.01. The Bertz CT molecular complexity index is 1150. The van der Waals surface area contributed by atoms with E-state index in [4.69, 9.17) is 4.42 Å². The number of benzene rings is 4. The summed E-state index contributed by atoms with van der Waals surface area (Å²) >= 11 is 0. The maximum absolute atomic E-state index is 6.35. The monoisotopic (exact) mass is 294 g/mol. The molecule has 1 heterocycles. The van der Waals surface area contributed by atoms with Crippen LogP contribution in [0.1, 0.15) is 0 Å². The van der Waals surface area contributed by atoms with Crippen molar-refractivity contribution in [2.75, 3.05) is 0 Å². The molecule has 0 aliphatic rings. The fraction of sp³-hybridized carbons (Fsp3) is 0. The molecule has 0 saturated heterocycles. The molecule has 0 spiro atoms. The van der Waals surface area contributed by atoms with Crippen LogP contribution in [-0.4, -0.2) is 0 Å².